The van der Waals surface area contributed by atoms with E-state index < -0.39 is 0 Å². The Morgan fingerprint density at radius 1 is 1.07 bits per heavy atom. The molecule has 1 fully saturated rings. The van der Waals surface area contributed by atoms with Gasteiger partial charge in [0.2, 0.25) is 0 Å². The maximum absolute atomic E-state index is 12.9. The summed E-state index contributed by atoms with van der Waals surface area (Å²) in [7, 11) is 0. The van der Waals surface area contributed by atoms with Crippen molar-refractivity contribution in [3.05, 3.63) is 76.8 Å². The van der Waals surface area contributed by atoms with Crippen LogP contribution >= 0.6 is 24.0 Å². The van der Waals surface area contributed by atoms with Gasteiger partial charge in [-0.1, -0.05) is 72.0 Å². The lowest BCUT2D eigenvalue weighted by molar-refractivity contribution is -0.123. The molecule has 1 aliphatic heterocycles. The van der Waals surface area contributed by atoms with Crippen LogP contribution in [0, 0.1) is 6.92 Å². The number of aryl methyl sites for hydroxylation is 1. The Hall–Kier alpha value is -2.70. The quantitative estimate of drug-likeness (QED) is 0.416. The highest BCUT2D eigenvalue weighted by Gasteiger charge is 2.34. The third-order valence-electron chi connectivity index (χ3n) is 4.71. The van der Waals surface area contributed by atoms with Gasteiger partial charge in [-0.15, -0.1) is 0 Å². The maximum atomic E-state index is 12.9. The summed E-state index contributed by atoms with van der Waals surface area (Å²) in [4.78, 5) is 15.1. The number of thiocarbonyl (C=S) groups is 1. The van der Waals surface area contributed by atoms with Gasteiger partial charge in [0.05, 0.1) is 16.3 Å². The number of benzene rings is 2. The number of rotatable bonds is 4. The lowest BCUT2D eigenvalue weighted by atomic mass is 10.1. The standard InChI is InChI=1S/C23H21N3OS2/c1-15(2)26-22(27)20(29-23(26)28)13-18-14-25(19-7-5-4-6-8-19)24-21(18)17-11-9-16(3)10-12-17/h4-15H,1-3H3. The molecule has 1 saturated heterocycles. The minimum absolute atomic E-state index is 0.0389. The molecule has 6 heteroatoms. The number of carbonyl (C=O) groups excluding carboxylic acids is 1. The molecule has 146 valence electrons. The molecule has 29 heavy (non-hydrogen) atoms. The first-order chi connectivity index (χ1) is 13.9. The molecule has 0 unspecified atom stereocenters. The minimum atomic E-state index is -0.0442. The van der Waals surface area contributed by atoms with E-state index in [4.69, 9.17) is 17.3 Å². The summed E-state index contributed by atoms with van der Waals surface area (Å²) < 4.78 is 2.45. The molecule has 2 heterocycles. The van der Waals surface area contributed by atoms with E-state index in [9.17, 15) is 4.79 Å². The zero-order valence-corrected chi connectivity index (χ0v) is 18.1. The van der Waals surface area contributed by atoms with Gasteiger partial charge < -0.3 is 0 Å². The molecule has 4 rings (SSSR count). The first-order valence-electron chi connectivity index (χ1n) is 9.43. The molecule has 0 aliphatic carbocycles. The molecule has 1 amide bonds. The Labute approximate surface area is 180 Å². The molecular weight excluding hydrogens is 398 g/mol. The van der Waals surface area contributed by atoms with Crippen LogP contribution in [0.4, 0.5) is 0 Å². The first-order valence-corrected chi connectivity index (χ1v) is 10.7. The van der Waals surface area contributed by atoms with E-state index in [0.29, 0.717) is 9.23 Å². The SMILES string of the molecule is Cc1ccc(-c2nn(-c3ccccc3)cc2C=C2SC(=S)N(C(C)C)C2=O)cc1. The normalized spacial score (nSPS) is 15.7. The predicted octanol–water partition coefficient (Wildman–Crippen LogP) is 5.46. The molecule has 0 atom stereocenters. The number of hydrogen-bond donors (Lipinski definition) is 0. The Morgan fingerprint density at radius 3 is 2.38 bits per heavy atom. The number of para-hydroxylation sites is 1. The summed E-state index contributed by atoms with van der Waals surface area (Å²) in [5, 5.41) is 4.83. The molecule has 2 aromatic carbocycles. The van der Waals surface area contributed by atoms with Crippen molar-refractivity contribution in [3.8, 4) is 16.9 Å². The van der Waals surface area contributed by atoms with Crippen LogP contribution in [0.15, 0.2) is 65.7 Å². The van der Waals surface area contributed by atoms with Crippen molar-refractivity contribution in [2.24, 2.45) is 0 Å². The lowest BCUT2D eigenvalue weighted by Gasteiger charge is -2.18. The van der Waals surface area contributed by atoms with Gasteiger partial charge in [-0.05, 0) is 39.0 Å². The Kier molecular flexibility index (Phi) is 5.39. The van der Waals surface area contributed by atoms with E-state index in [2.05, 4.69) is 31.2 Å². The molecule has 0 N–H and O–H groups in total. The molecule has 0 radical (unpaired) electrons. The zero-order valence-electron chi connectivity index (χ0n) is 16.5. The maximum Gasteiger partial charge on any atom is 0.266 e. The summed E-state index contributed by atoms with van der Waals surface area (Å²) in [6.07, 6.45) is 3.87. The van der Waals surface area contributed by atoms with Crippen LogP contribution < -0.4 is 0 Å². The van der Waals surface area contributed by atoms with Crippen molar-refractivity contribution in [1.82, 2.24) is 14.7 Å². The Morgan fingerprint density at radius 2 is 1.76 bits per heavy atom. The van der Waals surface area contributed by atoms with Crippen molar-refractivity contribution in [1.29, 1.82) is 0 Å². The number of carbonyl (C=O) groups is 1. The molecular formula is C23H21N3OS2. The molecule has 0 spiro atoms. The van der Waals surface area contributed by atoms with E-state index in [1.807, 2.05) is 61.1 Å². The van der Waals surface area contributed by atoms with E-state index in [-0.39, 0.29) is 11.9 Å². The summed E-state index contributed by atoms with van der Waals surface area (Å²) >= 11 is 6.76. The van der Waals surface area contributed by atoms with Gasteiger partial charge in [-0.3, -0.25) is 9.69 Å². The first kappa shape index (κ1) is 19.6. The number of thioether (sulfide) groups is 1. The van der Waals surface area contributed by atoms with Crippen LogP contribution in [0.25, 0.3) is 23.0 Å². The zero-order chi connectivity index (χ0) is 20.5. The van der Waals surface area contributed by atoms with Gasteiger partial charge in [-0.25, -0.2) is 4.68 Å². The van der Waals surface area contributed by atoms with Crippen LogP contribution in [0.1, 0.15) is 25.0 Å². The third-order valence-corrected chi connectivity index (χ3v) is 6.05. The van der Waals surface area contributed by atoms with Gasteiger partial charge in [0.1, 0.15) is 4.32 Å². The summed E-state index contributed by atoms with van der Waals surface area (Å²) in [5.41, 5.74) is 4.90. The van der Waals surface area contributed by atoms with E-state index >= 15 is 0 Å². The second-order valence-electron chi connectivity index (χ2n) is 7.22. The lowest BCUT2D eigenvalue weighted by Crippen LogP contribution is -2.34. The highest BCUT2D eigenvalue weighted by Crippen LogP contribution is 2.35. The van der Waals surface area contributed by atoms with Gasteiger partial charge in [0, 0.05) is 23.4 Å². The topological polar surface area (TPSA) is 38.1 Å². The summed E-state index contributed by atoms with van der Waals surface area (Å²) in [6, 6.07) is 18.3. The third kappa shape index (κ3) is 3.91. The number of hydrogen-bond acceptors (Lipinski definition) is 4. The predicted molar refractivity (Wildman–Crippen MR) is 124 cm³/mol. The number of aromatic nitrogens is 2. The molecule has 0 saturated carbocycles. The van der Waals surface area contributed by atoms with Gasteiger partial charge in [0.25, 0.3) is 5.91 Å². The van der Waals surface area contributed by atoms with Crippen LogP contribution in [0.3, 0.4) is 0 Å². The van der Waals surface area contributed by atoms with Gasteiger partial charge in [0.15, 0.2) is 0 Å². The average Bonchev–Trinajstić information content (AvgIpc) is 3.24. The van der Waals surface area contributed by atoms with Crippen LogP contribution in [-0.2, 0) is 4.79 Å². The monoisotopic (exact) mass is 419 g/mol. The van der Waals surface area contributed by atoms with E-state index in [1.54, 1.807) is 4.90 Å². The Balaban J connectivity index is 1.82. The fourth-order valence-electron chi connectivity index (χ4n) is 3.21. The van der Waals surface area contributed by atoms with Crippen molar-refractivity contribution < 1.29 is 4.79 Å². The fourth-order valence-corrected chi connectivity index (χ4v) is 4.72. The molecule has 3 aromatic rings. The van der Waals surface area contributed by atoms with Crippen LogP contribution in [0.5, 0.6) is 0 Å². The number of amides is 1. The average molecular weight is 420 g/mol. The van der Waals surface area contributed by atoms with Crippen molar-refractivity contribution in [2.75, 3.05) is 0 Å². The molecule has 4 nitrogen and oxygen atoms in total. The highest BCUT2D eigenvalue weighted by molar-refractivity contribution is 8.26. The molecule has 1 aliphatic rings. The Bertz CT molecular complexity index is 1100. The fraction of sp³-hybridized carbons (Fsp3) is 0.174. The van der Waals surface area contributed by atoms with E-state index in [1.165, 1.54) is 17.3 Å². The largest absolute Gasteiger partial charge is 0.290 e. The molecule has 1 aromatic heterocycles. The van der Waals surface area contributed by atoms with Crippen LogP contribution in [-0.4, -0.2) is 30.9 Å². The van der Waals surface area contributed by atoms with Gasteiger partial charge in [-0.2, -0.15) is 5.10 Å². The van der Waals surface area contributed by atoms with Crippen molar-refractivity contribution in [3.63, 3.8) is 0 Å². The van der Waals surface area contributed by atoms with Crippen molar-refractivity contribution >= 4 is 40.3 Å². The van der Waals surface area contributed by atoms with Gasteiger partial charge >= 0.3 is 0 Å². The molecule has 0 bridgehead atoms. The summed E-state index contributed by atoms with van der Waals surface area (Å²) in [6.45, 7) is 6.00. The second-order valence-corrected chi connectivity index (χ2v) is 8.90. The minimum Gasteiger partial charge on any atom is -0.290 e. The number of nitrogens with zero attached hydrogens (tertiary/aromatic N) is 3. The van der Waals surface area contributed by atoms with E-state index in [0.717, 1.165) is 22.5 Å². The highest BCUT2D eigenvalue weighted by atomic mass is 32.2. The smallest absolute Gasteiger partial charge is 0.266 e. The summed E-state index contributed by atoms with van der Waals surface area (Å²) in [5.74, 6) is -0.0442. The van der Waals surface area contributed by atoms with Crippen molar-refractivity contribution in [2.45, 2.75) is 26.8 Å². The second kappa shape index (κ2) is 7.97. The van der Waals surface area contributed by atoms with Crippen LogP contribution in [0.2, 0.25) is 0 Å².